The smallest absolute Gasteiger partial charge is 0.0576 e. The molecule has 3 nitrogen and oxygen atoms in total. The summed E-state index contributed by atoms with van der Waals surface area (Å²) in [5, 5.41) is 8.22. The summed E-state index contributed by atoms with van der Waals surface area (Å²) in [4.78, 5) is 0. The highest BCUT2D eigenvalue weighted by atomic mass is 16.5. The Bertz CT molecular complexity index is 373. The van der Waals surface area contributed by atoms with Gasteiger partial charge in [0.2, 0.25) is 0 Å². The van der Waals surface area contributed by atoms with E-state index in [0.29, 0.717) is 12.1 Å². The lowest BCUT2D eigenvalue weighted by Gasteiger charge is -2.53. The standard InChI is InChI=1S/C21H38N2O/c1-15(12-13-16-7-6-14-24-16)22-21-17-8-2-4-10-19(17)23-20-11-5-3-9-18(20)21/h15-23H,2-14H2,1H3/t15-,16?,17?,18?,19?,20?,21?/m1/s1. The molecule has 2 heterocycles. The van der Waals surface area contributed by atoms with Gasteiger partial charge in [0.05, 0.1) is 6.10 Å². The molecule has 4 aliphatic rings. The Hall–Kier alpha value is -0.120. The van der Waals surface area contributed by atoms with E-state index in [9.17, 15) is 0 Å². The summed E-state index contributed by atoms with van der Waals surface area (Å²) in [5.41, 5.74) is 0. The van der Waals surface area contributed by atoms with E-state index in [2.05, 4.69) is 17.6 Å². The second kappa shape index (κ2) is 8.05. The molecule has 0 amide bonds. The molecule has 2 aliphatic carbocycles. The summed E-state index contributed by atoms with van der Waals surface area (Å²) in [6.07, 6.45) is 17.1. The Morgan fingerprint density at radius 1 is 0.917 bits per heavy atom. The van der Waals surface area contributed by atoms with Crippen LogP contribution in [0.25, 0.3) is 0 Å². The zero-order chi connectivity index (χ0) is 16.4. The van der Waals surface area contributed by atoms with Crippen molar-refractivity contribution in [3.8, 4) is 0 Å². The van der Waals surface area contributed by atoms with Crippen molar-refractivity contribution < 1.29 is 4.74 Å². The average molecular weight is 335 g/mol. The average Bonchev–Trinajstić information content (AvgIpc) is 3.13. The Morgan fingerprint density at radius 3 is 2.21 bits per heavy atom. The van der Waals surface area contributed by atoms with Crippen molar-refractivity contribution in [2.75, 3.05) is 6.61 Å². The number of nitrogens with one attached hydrogen (secondary N) is 2. The summed E-state index contributed by atoms with van der Waals surface area (Å²) in [5.74, 6) is 1.76. The Balaban J connectivity index is 1.37. The van der Waals surface area contributed by atoms with Crippen LogP contribution in [0, 0.1) is 11.8 Å². The number of ether oxygens (including phenoxy) is 1. The third kappa shape index (κ3) is 3.83. The van der Waals surface area contributed by atoms with Gasteiger partial charge in [0.1, 0.15) is 0 Å². The largest absolute Gasteiger partial charge is 0.378 e. The molecule has 2 aliphatic heterocycles. The van der Waals surface area contributed by atoms with Crippen LogP contribution in [-0.2, 0) is 4.74 Å². The van der Waals surface area contributed by atoms with Gasteiger partial charge >= 0.3 is 0 Å². The van der Waals surface area contributed by atoms with E-state index in [1.54, 1.807) is 0 Å². The molecule has 0 aromatic carbocycles. The number of hydrogen-bond acceptors (Lipinski definition) is 3. The maximum Gasteiger partial charge on any atom is 0.0576 e. The van der Waals surface area contributed by atoms with Crippen molar-refractivity contribution in [1.82, 2.24) is 10.6 Å². The predicted octanol–water partition coefficient (Wildman–Crippen LogP) is 4.01. The van der Waals surface area contributed by atoms with Crippen molar-refractivity contribution in [3.05, 3.63) is 0 Å². The van der Waals surface area contributed by atoms with Crippen LogP contribution in [0.2, 0.25) is 0 Å². The van der Waals surface area contributed by atoms with Gasteiger partial charge in [0.15, 0.2) is 0 Å². The molecule has 0 bridgehead atoms. The molecule has 3 heteroatoms. The van der Waals surface area contributed by atoms with E-state index in [-0.39, 0.29) is 0 Å². The molecule has 4 fully saturated rings. The third-order valence-electron chi connectivity index (χ3n) is 7.41. The highest BCUT2D eigenvalue weighted by molar-refractivity contribution is 5.03. The summed E-state index contributed by atoms with van der Waals surface area (Å²) in [7, 11) is 0. The van der Waals surface area contributed by atoms with Crippen LogP contribution in [-0.4, -0.2) is 36.9 Å². The molecule has 0 aromatic heterocycles. The molecule has 24 heavy (non-hydrogen) atoms. The Kier molecular flexibility index (Phi) is 5.81. The number of rotatable bonds is 5. The van der Waals surface area contributed by atoms with Gasteiger partial charge in [-0.05, 0) is 70.1 Å². The first-order valence-corrected chi connectivity index (χ1v) is 10.9. The zero-order valence-corrected chi connectivity index (χ0v) is 15.6. The molecule has 4 rings (SSSR count). The normalized spacial score (nSPS) is 43.9. The molecule has 2 N–H and O–H groups in total. The van der Waals surface area contributed by atoms with Crippen molar-refractivity contribution in [2.45, 2.75) is 114 Å². The first-order chi connectivity index (χ1) is 11.8. The van der Waals surface area contributed by atoms with E-state index in [1.165, 1.54) is 77.0 Å². The van der Waals surface area contributed by atoms with Gasteiger partial charge in [0, 0.05) is 30.8 Å². The lowest BCUT2D eigenvalue weighted by atomic mass is 9.66. The topological polar surface area (TPSA) is 33.3 Å². The minimum Gasteiger partial charge on any atom is -0.378 e. The fourth-order valence-electron chi connectivity index (χ4n) is 6.15. The van der Waals surface area contributed by atoms with Crippen molar-refractivity contribution in [1.29, 1.82) is 0 Å². The van der Waals surface area contributed by atoms with Gasteiger partial charge in [-0.25, -0.2) is 0 Å². The summed E-state index contributed by atoms with van der Waals surface area (Å²) < 4.78 is 5.83. The maximum absolute atomic E-state index is 5.83. The molecule has 2 saturated carbocycles. The molecule has 2 saturated heterocycles. The van der Waals surface area contributed by atoms with Crippen LogP contribution in [0.4, 0.5) is 0 Å². The van der Waals surface area contributed by atoms with E-state index >= 15 is 0 Å². The fourth-order valence-corrected chi connectivity index (χ4v) is 6.15. The highest BCUT2D eigenvalue weighted by Crippen LogP contribution is 2.41. The highest BCUT2D eigenvalue weighted by Gasteiger charge is 2.45. The Morgan fingerprint density at radius 2 is 1.58 bits per heavy atom. The van der Waals surface area contributed by atoms with E-state index in [4.69, 9.17) is 4.74 Å². The van der Waals surface area contributed by atoms with E-state index in [1.807, 2.05) is 0 Å². The molecule has 138 valence electrons. The molecule has 6 atom stereocenters. The van der Waals surface area contributed by atoms with Crippen molar-refractivity contribution >= 4 is 0 Å². The fraction of sp³-hybridized carbons (Fsp3) is 1.00. The summed E-state index contributed by atoms with van der Waals surface area (Å²) in [6, 6.07) is 2.99. The number of piperidine rings is 1. The zero-order valence-electron chi connectivity index (χ0n) is 15.6. The van der Waals surface area contributed by atoms with Gasteiger partial charge in [0.25, 0.3) is 0 Å². The number of hydrogen-bond donors (Lipinski definition) is 2. The van der Waals surface area contributed by atoms with Gasteiger partial charge in [-0.1, -0.05) is 25.7 Å². The van der Waals surface area contributed by atoms with Crippen LogP contribution in [0.15, 0.2) is 0 Å². The van der Waals surface area contributed by atoms with Gasteiger partial charge in [-0.15, -0.1) is 0 Å². The second-order valence-electron chi connectivity index (χ2n) is 9.08. The molecule has 0 aromatic rings. The van der Waals surface area contributed by atoms with Crippen LogP contribution in [0.1, 0.15) is 84.0 Å². The molecular weight excluding hydrogens is 296 g/mol. The predicted molar refractivity (Wildman–Crippen MR) is 99.2 cm³/mol. The lowest BCUT2D eigenvalue weighted by molar-refractivity contribution is 0.0447. The molecule has 5 unspecified atom stereocenters. The van der Waals surface area contributed by atoms with Crippen LogP contribution in [0.5, 0.6) is 0 Å². The SMILES string of the molecule is C[C@H](CCC1CCCO1)NC1C2CCCCC2NC2CCCCC21. The second-order valence-corrected chi connectivity index (χ2v) is 9.08. The number of fused-ring (bicyclic) bond motifs is 2. The molecule has 0 radical (unpaired) electrons. The minimum atomic E-state index is 0.548. The quantitative estimate of drug-likeness (QED) is 0.797. The molecule has 0 spiro atoms. The summed E-state index contributed by atoms with van der Waals surface area (Å²) >= 11 is 0. The lowest BCUT2D eigenvalue weighted by Crippen LogP contribution is -2.65. The van der Waals surface area contributed by atoms with Crippen LogP contribution >= 0.6 is 0 Å². The van der Waals surface area contributed by atoms with Crippen molar-refractivity contribution in [3.63, 3.8) is 0 Å². The maximum atomic E-state index is 5.83. The first-order valence-electron chi connectivity index (χ1n) is 10.9. The minimum absolute atomic E-state index is 0.548. The van der Waals surface area contributed by atoms with E-state index in [0.717, 1.165) is 36.6 Å². The monoisotopic (exact) mass is 334 g/mol. The van der Waals surface area contributed by atoms with Gasteiger partial charge < -0.3 is 15.4 Å². The Labute approximate surface area is 148 Å². The molecular formula is C21H38N2O. The third-order valence-corrected chi connectivity index (χ3v) is 7.41. The van der Waals surface area contributed by atoms with Gasteiger partial charge in [-0.2, -0.15) is 0 Å². The van der Waals surface area contributed by atoms with Crippen LogP contribution in [0.3, 0.4) is 0 Å². The first kappa shape index (κ1) is 17.3. The van der Waals surface area contributed by atoms with Crippen molar-refractivity contribution in [2.24, 2.45) is 11.8 Å². The summed E-state index contributed by atoms with van der Waals surface area (Å²) in [6.45, 7) is 3.42. The van der Waals surface area contributed by atoms with Gasteiger partial charge in [-0.3, -0.25) is 0 Å². The van der Waals surface area contributed by atoms with E-state index < -0.39 is 0 Å². The van der Waals surface area contributed by atoms with Crippen LogP contribution < -0.4 is 10.6 Å².